The van der Waals surface area contributed by atoms with Gasteiger partial charge in [-0.3, -0.25) is 5.14 Å². The Labute approximate surface area is 58.4 Å². The predicted octanol–water partition coefficient (Wildman–Crippen LogP) is -2.45. The first-order chi connectivity index (χ1) is 1.41. The molecule has 0 aromatic carbocycles. The van der Waals surface area contributed by atoms with E-state index in [0.717, 1.165) is 11.0 Å². The van der Waals surface area contributed by atoms with Crippen molar-refractivity contribution >= 4 is 22.6 Å². The Morgan fingerprint density at radius 3 is 2.00 bits per heavy atom. The van der Waals surface area contributed by atoms with E-state index in [4.69, 9.17) is 0 Å². The fraction of sp³-hybridized carbons (Fsp3) is 0. The van der Waals surface area contributed by atoms with Crippen molar-refractivity contribution in [2.75, 3.05) is 0 Å². The Balaban J connectivity index is -0.0000000200. The third-order valence-electron chi connectivity index (χ3n) is 0. The van der Waals surface area contributed by atoms with E-state index in [-0.39, 0.29) is 31.0 Å². The normalized spacial score (nSPS) is 4.50. The van der Waals surface area contributed by atoms with Gasteiger partial charge in [0.2, 0.25) is 0 Å². The molecule has 2 N–H and O–H groups in total. The van der Waals surface area contributed by atoms with Gasteiger partial charge in [0.1, 0.15) is 0 Å². The van der Waals surface area contributed by atoms with Crippen LogP contribution in [0.2, 0.25) is 0 Å². The maximum absolute atomic E-state index is 4.63. The molecule has 0 heterocycles. The Kier molecular flexibility index (Phi) is 20.2. The van der Waals surface area contributed by atoms with Gasteiger partial charge < -0.3 is 1.43 Å². The topological polar surface area (TPSA) is 26.0 Å². The molecule has 0 atom stereocenters. The summed E-state index contributed by atoms with van der Waals surface area (Å²) in [6.07, 6.45) is 0. The Hall–Kier alpha value is 1.66. The average molecular weight is 105 g/mol. The van der Waals surface area contributed by atoms with Crippen LogP contribution in [0.25, 0.3) is 0 Å². The van der Waals surface area contributed by atoms with Gasteiger partial charge in [0.05, 0.1) is 0 Å². The van der Waals surface area contributed by atoms with Gasteiger partial charge in [-0.1, -0.05) is 11.7 Å². The molecule has 0 aliphatic heterocycles. The molecule has 0 fully saturated rings. The fourth-order valence-corrected chi connectivity index (χ4v) is 0. The summed E-state index contributed by atoms with van der Waals surface area (Å²) in [6, 6.07) is 0. The number of hydrogen-bond donors (Lipinski definition) is 2. The quantitative estimate of drug-likeness (QED) is 0.155. The van der Waals surface area contributed by atoms with Crippen LogP contribution in [-0.2, 0) is 0 Å². The molecule has 4 heavy (non-hydrogen) atoms. The number of thiol groups is 1. The molecule has 4 heteroatoms. The fourth-order valence-electron chi connectivity index (χ4n) is 0. The molecular formula is H4NNaS2. The number of hydrogen-bond acceptors (Lipinski definition) is 3. The first kappa shape index (κ1) is 9.18. The molecule has 0 bridgehead atoms. The van der Waals surface area contributed by atoms with Crippen molar-refractivity contribution in [2.24, 2.45) is 5.14 Å². The minimum Gasteiger partial charge on any atom is -1.00 e. The maximum Gasteiger partial charge on any atom is 1.00 e. The van der Waals surface area contributed by atoms with Gasteiger partial charge in [0, 0.05) is 0 Å². The summed E-state index contributed by atoms with van der Waals surface area (Å²) in [7, 11) is 0.944. The van der Waals surface area contributed by atoms with Gasteiger partial charge in [0.15, 0.2) is 0 Å². The third kappa shape index (κ3) is 9.40. The zero-order chi connectivity index (χ0) is 2.71. The third-order valence-corrected chi connectivity index (χ3v) is 0. The van der Waals surface area contributed by atoms with Gasteiger partial charge in [-0.05, 0) is 11.0 Å². The van der Waals surface area contributed by atoms with Crippen molar-refractivity contribution in [3.05, 3.63) is 0 Å². The van der Waals surface area contributed by atoms with Crippen LogP contribution in [0.15, 0.2) is 0 Å². The second-order valence-corrected chi connectivity index (χ2v) is 0.949. The van der Waals surface area contributed by atoms with Crippen molar-refractivity contribution in [3.8, 4) is 0 Å². The minimum absolute atomic E-state index is 0. The van der Waals surface area contributed by atoms with E-state index in [9.17, 15) is 0 Å². The zero-order valence-corrected chi connectivity index (χ0v) is 6.14. The molecule has 22 valence electrons. The first-order valence-electron chi connectivity index (χ1n) is 0.418. The molecule has 0 radical (unpaired) electrons. The first-order valence-corrected chi connectivity index (χ1v) is 2.35. The van der Waals surface area contributed by atoms with E-state index in [1.165, 1.54) is 0 Å². The van der Waals surface area contributed by atoms with Gasteiger partial charge in [0.25, 0.3) is 0 Å². The summed E-state index contributed by atoms with van der Waals surface area (Å²) < 4.78 is 0. The van der Waals surface area contributed by atoms with Crippen LogP contribution in [0, 0.1) is 0 Å². The second kappa shape index (κ2) is 8.82. The van der Waals surface area contributed by atoms with Gasteiger partial charge in [-0.2, -0.15) is 0 Å². The van der Waals surface area contributed by atoms with Crippen molar-refractivity contribution in [2.45, 2.75) is 0 Å². The number of rotatable bonds is 0. The SMILES string of the molecule is NSS.[H-].[Na+]. The van der Waals surface area contributed by atoms with Crippen molar-refractivity contribution in [1.29, 1.82) is 0 Å². The summed E-state index contributed by atoms with van der Waals surface area (Å²) in [5.74, 6) is 0. The summed E-state index contributed by atoms with van der Waals surface area (Å²) in [5.41, 5.74) is 0. The van der Waals surface area contributed by atoms with Crippen LogP contribution in [0.3, 0.4) is 0 Å². The molecule has 0 rings (SSSR count). The molecule has 0 saturated carbocycles. The number of nitrogens with two attached hydrogens (primary N) is 1. The molecule has 0 saturated heterocycles. The van der Waals surface area contributed by atoms with E-state index in [2.05, 4.69) is 16.8 Å². The van der Waals surface area contributed by atoms with Crippen LogP contribution in [0.5, 0.6) is 0 Å². The standard InChI is InChI=1S/H3NS2.Na.H/c1-3-2;;/h2H,1H2;;/q;+1;-1. The van der Waals surface area contributed by atoms with Crippen LogP contribution in [-0.4, -0.2) is 0 Å². The maximum atomic E-state index is 4.63. The molecule has 0 unspecified atom stereocenters. The molecule has 1 nitrogen and oxygen atoms in total. The second-order valence-electron chi connectivity index (χ2n) is 0.105. The van der Waals surface area contributed by atoms with Crippen LogP contribution >= 0.6 is 22.6 Å². The van der Waals surface area contributed by atoms with Crippen molar-refractivity contribution < 1.29 is 31.0 Å². The van der Waals surface area contributed by atoms with Crippen LogP contribution in [0.4, 0.5) is 0 Å². The molecule has 0 aromatic rings. The van der Waals surface area contributed by atoms with Crippen LogP contribution < -0.4 is 34.7 Å². The van der Waals surface area contributed by atoms with E-state index < -0.39 is 0 Å². The van der Waals surface area contributed by atoms with E-state index >= 15 is 0 Å². The van der Waals surface area contributed by atoms with Crippen LogP contribution in [0.1, 0.15) is 1.43 Å². The summed E-state index contributed by atoms with van der Waals surface area (Å²) >= 11 is 3.48. The minimum atomic E-state index is 0. The van der Waals surface area contributed by atoms with Crippen molar-refractivity contribution in [1.82, 2.24) is 0 Å². The molecule has 0 aliphatic carbocycles. The molecule has 0 aromatic heterocycles. The van der Waals surface area contributed by atoms with Crippen molar-refractivity contribution in [3.63, 3.8) is 0 Å². The zero-order valence-electron chi connectivity index (χ0n) is 3.43. The van der Waals surface area contributed by atoms with E-state index in [1.54, 1.807) is 0 Å². The average Bonchev–Trinajstić information content (AvgIpc) is 0.918. The van der Waals surface area contributed by atoms with E-state index in [0.29, 0.717) is 0 Å². The summed E-state index contributed by atoms with van der Waals surface area (Å²) in [5, 5.41) is 4.63. The summed E-state index contributed by atoms with van der Waals surface area (Å²) in [4.78, 5) is 0. The molecule has 0 amide bonds. The molecular weight excluding hydrogens is 101 g/mol. The smallest absolute Gasteiger partial charge is 1.00 e. The van der Waals surface area contributed by atoms with Gasteiger partial charge in [-0.15, -0.1) is 0 Å². The molecule has 0 spiro atoms. The monoisotopic (exact) mass is 105 g/mol. The Morgan fingerprint density at radius 2 is 2.00 bits per heavy atom. The Bertz CT molecular complexity index is 9.61. The largest absolute Gasteiger partial charge is 1.00 e. The van der Waals surface area contributed by atoms with E-state index in [1.807, 2.05) is 0 Å². The predicted molar refractivity (Wildman–Crippen MR) is 21.9 cm³/mol. The summed E-state index contributed by atoms with van der Waals surface area (Å²) in [6.45, 7) is 0. The van der Waals surface area contributed by atoms with Gasteiger partial charge in [-0.25, -0.2) is 0 Å². The molecule has 0 aliphatic rings. The van der Waals surface area contributed by atoms with Gasteiger partial charge >= 0.3 is 29.6 Å². The Morgan fingerprint density at radius 1 is 2.00 bits per heavy atom.